The molecule has 2 saturated heterocycles. The fourth-order valence-electron chi connectivity index (χ4n) is 4.37. The monoisotopic (exact) mass is 375 g/mol. The third-order valence-electron chi connectivity index (χ3n) is 5.83. The van der Waals surface area contributed by atoms with Crippen molar-refractivity contribution in [3.63, 3.8) is 0 Å². The Morgan fingerprint density at radius 3 is 2.92 bits per heavy atom. The number of nitrogens with zero attached hydrogens (tertiary/aromatic N) is 4. The number of imidazole rings is 1. The molecule has 8 heteroatoms. The summed E-state index contributed by atoms with van der Waals surface area (Å²) in [6.07, 6.45) is 0.901. The zero-order chi connectivity index (χ0) is 18.3. The van der Waals surface area contributed by atoms with Crippen LogP contribution in [0.1, 0.15) is 34.6 Å². The molecule has 0 bridgehead atoms. The summed E-state index contributed by atoms with van der Waals surface area (Å²) in [5, 5.41) is 11.9. The number of likely N-dealkylation sites (tertiary alicyclic amines) is 2. The number of hydrogen-bond acceptors (Lipinski definition) is 6. The Morgan fingerprint density at radius 1 is 1.46 bits per heavy atom. The van der Waals surface area contributed by atoms with Crippen LogP contribution >= 0.6 is 11.3 Å². The van der Waals surface area contributed by atoms with E-state index in [1.54, 1.807) is 10.9 Å². The highest BCUT2D eigenvalue weighted by atomic mass is 32.1. The molecule has 2 N–H and O–H groups in total. The molecular weight excluding hydrogens is 350 g/mol. The van der Waals surface area contributed by atoms with Crippen molar-refractivity contribution in [2.45, 2.75) is 26.8 Å². The van der Waals surface area contributed by atoms with Gasteiger partial charge in [-0.05, 0) is 12.8 Å². The maximum Gasteiger partial charge on any atom is 0.273 e. The van der Waals surface area contributed by atoms with Gasteiger partial charge in [0, 0.05) is 55.6 Å². The lowest BCUT2D eigenvalue weighted by molar-refractivity contribution is 0.0713. The molecule has 2 atom stereocenters. The summed E-state index contributed by atoms with van der Waals surface area (Å²) in [6.45, 7) is 8.02. The van der Waals surface area contributed by atoms with Crippen LogP contribution in [0.25, 0.3) is 0 Å². The topological polar surface area (TPSA) is 85.3 Å². The molecule has 2 aliphatic rings. The lowest BCUT2D eigenvalue weighted by Gasteiger charge is -2.27. The summed E-state index contributed by atoms with van der Waals surface area (Å²) >= 11 is 1.43. The summed E-state index contributed by atoms with van der Waals surface area (Å²) in [4.78, 5) is 29.0. The highest BCUT2D eigenvalue weighted by Crippen LogP contribution is 2.43. The first-order chi connectivity index (χ1) is 12.5. The predicted octanol–water partition coefficient (Wildman–Crippen LogP) is 1.30. The van der Waals surface area contributed by atoms with E-state index in [-0.39, 0.29) is 17.9 Å². The zero-order valence-electron chi connectivity index (χ0n) is 15.2. The third-order valence-corrected chi connectivity index (χ3v) is 6.41. The lowest BCUT2D eigenvalue weighted by Crippen LogP contribution is -2.39. The van der Waals surface area contributed by atoms with E-state index in [2.05, 4.69) is 33.7 Å². The van der Waals surface area contributed by atoms with Crippen molar-refractivity contribution in [3.05, 3.63) is 33.8 Å². The van der Waals surface area contributed by atoms with Gasteiger partial charge in [0.05, 0.1) is 17.8 Å². The first-order valence-corrected chi connectivity index (χ1v) is 10.0. The average Bonchev–Trinajstić information content (AvgIpc) is 3.38. The largest absolute Gasteiger partial charge is 0.396 e. The van der Waals surface area contributed by atoms with Crippen LogP contribution in [0.15, 0.2) is 10.9 Å². The Morgan fingerprint density at radius 2 is 2.31 bits per heavy atom. The van der Waals surface area contributed by atoms with Crippen LogP contribution < -0.4 is 0 Å². The summed E-state index contributed by atoms with van der Waals surface area (Å²) in [5.74, 6) is 1.30. The molecule has 0 aliphatic carbocycles. The van der Waals surface area contributed by atoms with E-state index in [1.807, 2.05) is 4.90 Å². The zero-order valence-corrected chi connectivity index (χ0v) is 16.1. The number of aromatic nitrogens is 3. The van der Waals surface area contributed by atoms with Gasteiger partial charge in [0.15, 0.2) is 0 Å². The van der Waals surface area contributed by atoms with Gasteiger partial charge in [0.1, 0.15) is 11.5 Å². The average molecular weight is 375 g/mol. The maximum atomic E-state index is 12.6. The molecule has 0 spiro atoms. The van der Waals surface area contributed by atoms with Crippen molar-refractivity contribution in [1.82, 2.24) is 24.8 Å². The van der Waals surface area contributed by atoms with Crippen LogP contribution in [0.2, 0.25) is 0 Å². The number of thiazole rings is 1. The first-order valence-electron chi connectivity index (χ1n) is 9.09. The van der Waals surface area contributed by atoms with Crippen molar-refractivity contribution in [3.8, 4) is 0 Å². The molecule has 7 nitrogen and oxygen atoms in total. The summed E-state index contributed by atoms with van der Waals surface area (Å²) in [6, 6.07) is 0. The number of aliphatic hydroxyl groups excluding tert-OH is 1. The second-order valence-electron chi connectivity index (χ2n) is 7.56. The Kier molecular flexibility index (Phi) is 4.58. The Hall–Kier alpha value is -1.77. The molecule has 4 rings (SSSR count). The second kappa shape index (κ2) is 6.75. The third kappa shape index (κ3) is 2.95. The predicted molar refractivity (Wildman–Crippen MR) is 99.0 cm³/mol. The van der Waals surface area contributed by atoms with E-state index in [0.717, 1.165) is 43.3 Å². The van der Waals surface area contributed by atoms with E-state index in [9.17, 15) is 9.90 Å². The van der Waals surface area contributed by atoms with Crippen LogP contribution in [-0.4, -0.2) is 68.6 Å². The van der Waals surface area contributed by atoms with Gasteiger partial charge in [0.2, 0.25) is 0 Å². The standard InChI is InChI=1S/C18H25N5O2S/c1-3-16-20-12(2)14(21-16)6-22-4-13-5-23(9-18(13,8-22)10-24)17(25)15-7-26-11-19-15/h7,11,13,24H,3-6,8-10H2,1-2H3,(H,20,21)/t13-,18+/m0/s1. The molecule has 2 fully saturated rings. The fraction of sp³-hybridized carbons (Fsp3) is 0.611. The molecule has 2 aromatic rings. The number of rotatable bonds is 5. The van der Waals surface area contributed by atoms with Gasteiger partial charge in [-0.25, -0.2) is 9.97 Å². The quantitative estimate of drug-likeness (QED) is 0.823. The summed E-state index contributed by atoms with van der Waals surface area (Å²) < 4.78 is 0. The van der Waals surface area contributed by atoms with Crippen molar-refractivity contribution in [1.29, 1.82) is 0 Å². The van der Waals surface area contributed by atoms with E-state index < -0.39 is 0 Å². The maximum absolute atomic E-state index is 12.6. The number of carbonyl (C=O) groups is 1. The van der Waals surface area contributed by atoms with Crippen molar-refractivity contribution >= 4 is 17.2 Å². The van der Waals surface area contributed by atoms with Crippen molar-refractivity contribution < 1.29 is 9.90 Å². The highest BCUT2D eigenvalue weighted by Gasteiger charge is 2.53. The molecule has 0 radical (unpaired) electrons. The number of H-pyrrole nitrogens is 1. The molecule has 0 saturated carbocycles. The molecule has 26 heavy (non-hydrogen) atoms. The minimum Gasteiger partial charge on any atom is -0.396 e. The van der Waals surface area contributed by atoms with Crippen LogP contribution in [0.4, 0.5) is 0 Å². The van der Waals surface area contributed by atoms with E-state index in [1.165, 1.54) is 11.3 Å². The van der Waals surface area contributed by atoms with Gasteiger partial charge >= 0.3 is 0 Å². The number of nitrogens with one attached hydrogen (secondary N) is 1. The molecular formula is C18H25N5O2S. The number of aryl methyl sites for hydroxylation is 2. The van der Waals surface area contributed by atoms with Gasteiger partial charge in [-0.2, -0.15) is 0 Å². The number of carbonyl (C=O) groups excluding carboxylic acids is 1. The van der Waals surface area contributed by atoms with Crippen LogP contribution in [0.5, 0.6) is 0 Å². The molecule has 2 aliphatic heterocycles. The number of aromatic amines is 1. The second-order valence-corrected chi connectivity index (χ2v) is 8.27. The normalized spacial score (nSPS) is 25.8. The van der Waals surface area contributed by atoms with Crippen molar-refractivity contribution in [2.24, 2.45) is 11.3 Å². The van der Waals surface area contributed by atoms with E-state index in [4.69, 9.17) is 0 Å². The molecule has 140 valence electrons. The van der Waals surface area contributed by atoms with Crippen molar-refractivity contribution in [2.75, 3.05) is 32.8 Å². The van der Waals surface area contributed by atoms with Gasteiger partial charge in [-0.1, -0.05) is 6.92 Å². The Balaban J connectivity index is 1.45. The van der Waals surface area contributed by atoms with Crippen LogP contribution in [0, 0.1) is 18.3 Å². The molecule has 0 unspecified atom stereocenters. The summed E-state index contributed by atoms with van der Waals surface area (Å²) in [7, 11) is 0. The van der Waals surface area contributed by atoms with Gasteiger partial charge in [-0.3, -0.25) is 9.69 Å². The van der Waals surface area contributed by atoms with Crippen LogP contribution in [0.3, 0.4) is 0 Å². The summed E-state index contributed by atoms with van der Waals surface area (Å²) in [5.41, 5.74) is 4.18. The van der Waals surface area contributed by atoms with E-state index >= 15 is 0 Å². The number of hydrogen-bond donors (Lipinski definition) is 2. The van der Waals surface area contributed by atoms with Crippen LogP contribution in [-0.2, 0) is 13.0 Å². The smallest absolute Gasteiger partial charge is 0.273 e. The molecule has 0 aromatic carbocycles. The van der Waals surface area contributed by atoms with E-state index in [0.29, 0.717) is 24.7 Å². The minimum atomic E-state index is -0.233. The Labute approximate surface area is 157 Å². The van der Waals surface area contributed by atoms with Gasteiger partial charge in [-0.15, -0.1) is 11.3 Å². The molecule has 4 heterocycles. The SMILES string of the molecule is CCc1nc(CN2C[C@H]3CN(C(=O)c4cscn4)C[C@@]3(CO)C2)c(C)[nH]1. The molecule has 2 aromatic heterocycles. The fourth-order valence-corrected chi connectivity index (χ4v) is 4.89. The Bertz CT molecular complexity index is 790. The number of aliphatic hydroxyl groups is 1. The highest BCUT2D eigenvalue weighted by molar-refractivity contribution is 7.07. The van der Waals surface area contributed by atoms with Gasteiger partial charge < -0.3 is 15.0 Å². The minimum absolute atomic E-state index is 0.0178. The van der Waals surface area contributed by atoms with Gasteiger partial charge in [0.25, 0.3) is 5.91 Å². The molecule has 1 amide bonds. The number of fused-ring (bicyclic) bond motifs is 1. The first kappa shape index (κ1) is 17.6. The lowest BCUT2D eigenvalue weighted by atomic mass is 9.82. The number of amides is 1.